The molecule has 2 saturated heterocycles. The van der Waals surface area contributed by atoms with E-state index in [1.807, 2.05) is 17.4 Å². The molecule has 1 aromatic carbocycles. The van der Waals surface area contributed by atoms with Gasteiger partial charge in [-0.2, -0.15) is 0 Å². The van der Waals surface area contributed by atoms with E-state index < -0.39 is 0 Å². The molecule has 0 N–H and O–H groups in total. The van der Waals surface area contributed by atoms with Crippen molar-refractivity contribution in [3.8, 4) is 5.75 Å². The van der Waals surface area contributed by atoms with Gasteiger partial charge in [0.15, 0.2) is 0 Å². The lowest BCUT2D eigenvalue weighted by Gasteiger charge is -2.33. The summed E-state index contributed by atoms with van der Waals surface area (Å²) in [6.07, 6.45) is 8.06. The summed E-state index contributed by atoms with van der Waals surface area (Å²) in [4.78, 5) is 19.6. The number of benzene rings is 1. The number of amides is 1. The van der Waals surface area contributed by atoms with Gasteiger partial charge in [-0.1, -0.05) is 43.2 Å². The topological polar surface area (TPSA) is 32.8 Å². The molecule has 5 heteroatoms. The van der Waals surface area contributed by atoms with Crippen LogP contribution < -0.4 is 4.74 Å². The van der Waals surface area contributed by atoms with Gasteiger partial charge in [-0.15, -0.1) is 11.3 Å². The first kappa shape index (κ1) is 22.3. The van der Waals surface area contributed by atoms with E-state index in [4.69, 9.17) is 4.74 Å². The molecule has 3 heterocycles. The summed E-state index contributed by atoms with van der Waals surface area (Å²) in [5, 5.41) is 2.14. The molecule has 0 spiro atoms. The average molecular weight is 441 g/mol. The van der Waals surface area contributed by atoms with Crippen molar-refractivity contribution >= 4 is 17.2 Å². The zero-order chi connectivity index (χ0) is 21.5. The molecule has 4 rings (SSSR count). The van der Waals surface area contributed by atoms with Gasteiger partial charge in [-0.25, -0.2) is 0 Å². The highest BCUT2D eigenvalue weighted by Crippen LogP contribution is 2.38. The van der Waals surface area contributed by atoms with Crippen LogP contribution in [0.1, 0.15) is 67.2 Å². The molecule has 31 heavy (non-hydrogen) atoms. The van der Waals surface area contributed by atoms with Gasteiger partial charge in [-0.3, -0.25) is 4.79 Å². The standard InChI is InChI=1S/C26H36N2O2S/c1-30-24-14-20-31-25(24)22-11-17-27(18-12-22)19-13-23(21-9-5-4-6-10-21)26(29)28-15-7-2-3-8-16-28/h4-6,9-10,14,20,22-23H,2-3,7-8,11-13,15-19H2,1H3. The van der Waals surface area contributed by atoms with Crippen molar-refractivity contribution in [2.45, 2.75) is 56.8 Å². The Balaban J connectivity index is 1.36. The molecule has 4 nitrogen and oxygen atoms in total. The molecule has 2 aliphatic heterocycles. The van der Waals surface area contributed by atoms with Gasteiger partial charge in [0, 0.05) is 18.0 Å². The largest absolute Gasteiger partial charge is 0.496 e. The predicted molar refractivity (Wildman–Crippen MR) is 128 cm³/mol. The van der Waals surface area contributed by atoms with E-state index in [1.54, 1.807) is 7.11 Å². The van der Waals surface area contributed by atoms with E-state index in [9.17, 15) is 4.79 Å². The molecule has 168 valence electrons. The Morgan fingerprint density at radius 2 is 1.74 bits per heavy atom. The maximum absolute atomic E-state index is 13.5. The summed E-state index contributed by atoms with van der Waals surface area (Å²) in [6.45, 7) is 5.05. The molecule has 1 aromatic heterocycles. The van der Waals surface area contributed by atoms with Crippen LogP contribution in [-0.2, 0) is 4.79 Å². The summed E-state index contributed by atoms with van der Waals surface area (Å²) in [5.74, 6) is 1.98. The van der Waals surface area contributed by atoms with Gasteiger partial charge in [0.2, 0.25) is 5.91 Å². The van der Waals surface area contributed by atoms with Crippen LogP contribution in [0.4, 0.5) is 0 Å². The fourth-order valence-corrected chi connectivity index (χ4v) is 6.17. The molecular formula is C26H36N2O2S. The monoisotopic (exact) mass is 440 g/mol. The minimum absolute atomic E-state index is 0.0191. The van der Waals surface area contributed by atoms with E-state index in [0.717, 1.165) is 57.7 Å². The highest BCUT2D eigenvalue weighted by Gasteiger charge is 2.29. The van der Waals surface area contributed by atoms with Crippen molar-refractivity contribution in [3.05, 3.63) is 52.2 Å². The first-order chi connectivity index (χ1) is 15.3. The van der Waals surface area contributed by atoms with E-state index >= 15 is 0 Å². The maximum Gasteiger partial charge on any atom is 0.230 e. The minimum Gasteiger partial charge on any atom is -0.496 e. The van der Waals surface area contributed by atoms with Gasteiger partial charge < -0.3 is 14.5 Å². The van der Waals surface area contributed by atoms with Gasteiger partial charge in [0.25, 0.3) is 0 Å². The van der Waals surface area contributed by atoms with E-state index in [2.05, 4.69) is 45.5 Å². The van der Waals surface area contributed by atoms with Crippen molar-refractivity contribution in [2.24, 2.45) is 0 Å². The predicted octanol–water partition coefficient (Wildman–Crippen LogP) is 5.51. The van der Waals surface area contributed by atoms with Crippen LogP contribution in [0, 0.1) is 0 Å². The minimum atomic E-state index is -0.0191. The summed E-state index contributed by atoms with van der Waals surface area (Å²) in [5.41, 5.74) is 1.18. The van der Waals surface area contributed by atoms with Crippen molar-refractivity contribution in [2.75, 3.05) is 39.8 Å². The normalized spacial score (nSPS) is 19.7. The Labute approximate surface area is 191 Å². The van der Waals surface area contributed by atoms with Crippen LogP contribution in [-0.4, -0.2) is 55.5 Å². The van der Waals surface area contributed by atoms with Gasteiger partial charge >= 0.3 is 0 Å². The number of rotatable bonds is 7. The zero-order valence-corrected chi connectivity index (χ0v) is 19.6. The van der Waals surface area contributed by atoms with E-state index in [0.29, 0.717) is 11.8 Å². The SMILES string of the molecule is COc1ccsc1C1CCN(CCC(C(=O)N2CCCCCC2)c2ccccc2)CC1. The third-order valence-corrected chi connectivity index (χ3v) is 8.05. The quantitative estimate of drug-likeness (QED) is 0.569. The highest BCUT2D eigenvalue weighted by molar-refractivity contribution is 7.10. The van der Waals surface area contributed by atoms with Crippen molar-refractivity contribution < 1.29 is 9.53 Å². The number of carbonyl (C=O) groups excluding carboxylic acids is 1. The maximum atomic E-state index is 13.5. The number of thiophene rings is 1. The Morgan fingerprint density at radius 1 is 1.03 bits per heavy atom. The molecule has 0 saturated carbocycles. The lowest BCUT2D eigenvalue weighted by molar-refractivity contribution is -0.133. The molecule has 0 radical (unpaired) electrons. The highest BCUT2D eigenvalue weighted by atomic mass is 32.1. The van der Waals surface area contributed by atoms with Crippen LogP contribution in [0.2, 0.25) is 0 Å². The summed E-state index contributed by atoms with van der Waals surface area (Å²) < 4.78 is 5.54. The van der Waals surface area contributed by atoms with Crippen LogP contribution in [0.3, 0.4) is 0 Å². The van der Waals surface area contributed by atoms with Crippen molar-refractivity contribution in [1.82, 2.24) is 9.80 Å². The lowest BCUT2D eigenvalue weighted by Crippen LogP contribution is -2.39. The number of hydrogen-bond acceptors (Lipinski definition) is 4. The van der Waals surface area contributed by atoms with Gasteiger partial charge in [0.05, 0.1) is 13.0 Å². The molecular weight excluding hydrogens is 404 g/mol. The van der Waals surface area contributed by atoms with Crippen LogP contribution >= 0.6 is 11.3 Å². The van der Waals surface area contributed by atoms with Crippen molar-refractivity contribution in [1.29, 1.82) is 0 Å². The summed E-state index contributed by atoms with van der Waals surface area (Å²) in [7, 11) is 1.77. The lowest BCUT2D eigenvalue weighted by atomic mass is 9.91. The molecule has 2 aliphatic rings. The first-order valence-electron chi connectivity index (χ1n) is 11.9. The average Bonchev–Trinajstić information content (AvgIpc) is 3.13. The number of carbonyl (C=O) groups is 1. The Morgan fingerprint density at radius 3 is 2.42 bits per heavy atom. The number of likely N-dealkylation sites (tertiary alicyclic amines) is 2. The van der Waals surface area contributed by atoms with Crippen molar-refractivity contribution in [3.63, 3.8) is 0 Å². The summed E-state index contributed by atoms with van der Waals surface area (Å²) >= 11 is 1.83. The smallest absolute Gasteiger partial charge is 0.230 e. The molecule has 2 aromatic rings. The van der Waals surface area contributed by atoms with E-state index in [1.165, 1.54) is 36.1 Å². The number of hydrogen-bond donors (Lipinski definition) is 0. The van der Waals surface area contributed by atoms with Gasteiger partial charge in [0.1, 0.15) is 5.75 Å². The summed E-state index contributed by atoms with van der Waals surface area (Å²) in [6, 6.07) is 12.5. The molecule has 2 fully saturated rings. The van der Waals surface area contributed by atoms with Gasteiger partial charge in [-0.05, 0) is 74.7 Å². The number of ether oxygens (including phenoxy) is 1. The van der Waals surface area contributed by atoms with Crippen LogP contribution in [0.15, 0.2) is 41.8 Å². The first-order valence-corrected chi connectivity index (χ1v) is 12.8. The molecule has 1 atom stereocenters. The molecule has 0 aliphatic carbocycles. The van der Waals surface area contributed by atoms with Crippen LogP contribution in [0.25, 0.3) is 0 Å². The van der Waals surface area contributed by atoms with E-state index in [-0.39, 0.29) is 5.92 Å². The second-order valence-electron chi connectivity index (χ2n) is 8.96. The number of methoxy groups -OCH3 is 1. The molecule has 1 amide bonds. The molecule has 1 unspecified atom stereocenters. The Bertz CT molecular complexity index is 806. The second-order valence-corrected chi connectivity index (χ2v) is 9.91. The fourth-order valence-electron chi connectivity index (χ4n) is 5.14. The zero-order valence-electron chi connectivity index (χ0n) is 18.8. The number of nitrogens with zero attached hydrogens (tertiary/aromatic N) is 2. The molecule has 0 bridgehead atoms. The van der Waals surface area contributed by atoms with Crippen LogP contribution in [0.5, 0.6) is 5.75 Å². The Hall–Kier alpha value is -1.85. The third kappa shape index (κ3) is 5.69. The second kappa shape index (κ2) is 11.1. The third-order valence-electron chi connectivity index (χ3n) is 6.99. The Kier molecular flexibility index (Phi) is 8.03. The fraction of sp³-hybridized carbons (Fsp3) is 0.577. The number of piperidine rings is 1.